The maximum Gasteiger partial charge on any atom is 0.256 e. The maximum atomic E-state index is 11.4. The van der Waals surface area contributed by atoms with Crippen molar-refractivity contribution in [1.82, 2.24) is 15.0 Å². The first-order chi connectivity index (χ1) is 7.13. The number of aromatic hydroxyl groups is 1. The molecule has 6 heteroatoms. The Morgan fingerprint density at radius 2 is 2.27 bits per heavy atom. The minimum absolute atomic E-state index is 0.0543. The molecule has 0 unspecified atom stereocenters. The van der Waals surface area contributed by atoms with Crippen molar-refractivity contribution < 1.29 is 5.11 Å². The van der Waals surface area contributed by atoms with Gasteiger partial charge in [0.1, 0.15) is 11.4 Å². The Balaban J connectivity index is 2.86. The van der Waals surface area contributed by atoms with Crippen LogP contribution in [0.15, 0.2) is 16.1 Å². The largest absolute Gasteiger partial charge is 0.507 e. The van der Waals surface area contributed by atoms with E-state index in [-0.39, 0.29) is 16.9 Å². The summed E-state index contributed by atoms with van der Waals surface area (Å²) in [6.45, 7) is 1.55. The molecule has 0 saturated carbocycles. The van der Waals surface area contributed by atoms with Crippen LogP contribution in [0.4, 0.5) is 0 Å². The molecule has 2 aromatic heterocycles. The summed E-state index contributed by atoms with van der Waals surface area (Å²) in [5.41, 5.74) is 0.316. The van der Waals surface area contributed by atoms with Gasteiger partial charge in [0.2, 0.25) is 0 Å². The third-order valence-electron chi connectivity index (χ3n) is 2.13. The zero-order valence-corrected chi connectivity index (χ0v) is 9.05. The molecule has 2 rings (SSSR count). The average molecular weight is 223 g/mol. The predicted octanol–water partition coefficient (Wildman–Crippen LogP) is 1.05. The molecule has 0 spiro atoms. The van der Waals surface area contributed by atoms with Crippen LogP contribution in [0.5, 0.6) is 5.75 Å². The van der Waals surface area contributed by atoms with E-state index < -0.39 is 0 Å². The van der Waals surface area contributed by atoms with Crippen molar-refractivity contribution >= 4 is 22.8 Å². The second-order valence-electron chi connectivity index (χ2n) is 3.05. The summed E-state index contributed by atoms with van der Waals surface area (Å²) in [6, 6.07) is 0. The third kappa shape index (κ3) is 1.56. The summed E-state index contributed by atoms with van der Waals surface area (Å²) in [4.78, 5) is 22.1. The summed E-state index contributed by atoms with van der Waals surface area (Å²) >= 11 is 1.37. The van der Waals surface area contributed by atoms with Gasteiger partial charge in [-0.15, -0.1) is 0 Å². The summed E-state index contributed by atoms with van der Waals surface area (Å²) in [7, 11) is 0. The summed E-state index contributed by atoms with van der Waals surface area (Å²) in [5.74, 6) is -0.0543. The van der Waals surface area contributed by atoms with Crippen molar-refractivity contribution in [2.75, 3.05) is 6.26 Å². The molecule has 5 nitrogen and oxygen atoms in total. The molecule has 0 aliphatic carbocycles. The van der Waals surface area contributed by atoms with Crippen LogP contribution in [0.2, 0.25) is 0 Å². The van der Waals surface area contributed by atoms with Crippen LogP contribution in [-0.4, -0.2) is 26.3 Å². The van der Waals surface area contributed by atoms with Crippen LogP contribution in [0.25, 0.3) is 11.0 Å². The number of rotatable bonds is 1. The molecule has 0 aliphatic rings. The Morgan fingerprint density at radius 1 is 1.53 bits per heavy atom. The number of H-pyrrole nitrogens is 1. The first-order valence-electron chi connectivity index (χ1n) is 4.26. The van der Waals surface area contributed by atoms with Crippen molar-refractivity contribution in [2.45, 2.75) is 12.1 Å². The van der Waals surface area contributed by atoms with Crippen LogP contribution in [0.1, 0.15) is 5.56 Å². The number of fused-ring (bicyclic) bond motifs is 1. The van der Waals surface area contributed by atoms with E-state index in [2.05, 4.69) is 15.0 Å². The van der Waals surface area contributed by atoms with Gasteiger partial charge >= 0.3 is 0 Å². The van der Waals surface area contributed by atoms with Gasteiger partial charge < -0.3 is 10.1 Å². The number of thioether (sulfide) groups is 1. The second kappa shape index (κ2) is 3.54. The normalized spacial score (nSPS) is 10.8. The van der Waals surface area contributed by atoms with Gasteiger partial charge in [-0.05, 0) is 13.2 Å². The lowest BCUT2D eigenvalue weighted by atomic mass is 10.2. The summed E-state index contributed by atoms with van der Waals surface area (Å²) in [6.07, 6.45) is 3.35. The van der Waals surface area contributed by atoms with E-state index in [4.69, 9.17) is 0 Å². The van der Waals surface area contributed by atoms with E-state index in [1.807, 2.05) is 6.26 Å². The molecule has 0 bridgehead atoms. The minimum atomic E-state index is -0.328. The highest BCUT2D eigenvalue weighted by molar-refractivity contribution is 7.98. The smallest absolute Gasteiger partial charge is 0.256 e. The molecule has 2 heterocycles. The Bertz CT molecular complexity index is 579. The molecular weight excluding hydrogens is 214 g/mol. The molecule has 0 atom stereocenters. The Hall–Kier alpha value is -1.56. The molecule has 0 fully saturated rings. The van der Waals surface area contributed by atoms with Crippen molar-refractivity contribution in [3.63, 3.8) is 0 Å². The fraction of sp³-hybridized carbons (Fsp3) is 0.222. The molecule has 78 valence electrons. The van der Waals surface area contributed by atoms with Gasteiger partial charge in [-0.1, -0.05) is 11.8 Å². The van der Waals surface area contributed by atoms with Crippen LogP contribution < -0.4 is 5.56 Å². The minimum Gasteiger partial charge on any atom is -0.507 e. The zero-order chi connectivity index (χ0) is 11.0. The van der Waals surface area contributed by atoms with Crippen LogP contribution in [-0.2, 0) is 0 Å². The zero-order valence-electron chi connectivity index (χ0n) is 8.24. The lowest BCUT2D eigenvalue weighted by Crippen LogP contribution is -2.10. The van der Waals surface area contributed by atoms with Crippen molar-refractivity contribution in [3.8, 4) is 5.75 Å². The molecule has 0 aromatic carbocycles. The second-order valence-corrected chi connectivity index (χ2v) is 3.82. The number of nitrogens with zero attached hydrogens (tertiary/aromatic N) is 2. The number of aromatic nitrogens is 3. The molecule has 2 N–H and O–H groups in total. The lowest BCUT2D eigenvalue weighted by Gasteiger charge is -2.03. The monoisotopic (exact) mass is 223 g/mol. The summed E-state index contributed by atoms with van der Waals surface area (Å²) in [5, 5.41) is 10.7. The molecule has 15 heavy (non-hydrogen) atoms. The molecule has 0 radical (unpaired) electrons. The van der Waals surface area contributed by atoms with Crippen LogP contribution in [0.3, 0.4) is 0 Å². The van der Waals surface area contributed by atoms with Gasteiger partial charge in [-0.25, -0.2) is 9.97 Å². The van der Waals surface area contributed by atoms with E-state index in [0.717, 1.165) is 0 Å². The molecular formula is C9H9N3O2S. The average Bonchev–Trinajstić information content (AvgIpc) is 2.25. The lowest BCUT2D eigenvalue weighted by molar-refractivity contribution is 0.475. The van der Waals surface area contributed by atoms with Gasteiger partial charge in [0, 0.05) is 6.20 Å². The van der Waals surface area contributed by atoms with Crippen molar-refractivity contribution in [1.29, 1.82) is 0 Å². The molecule has 0 saturated heterocycles. The standard InChI is InChI=1S/C9H9N3O2S/c1-4-6(13)5-3-10-9(15-2)12-7(5)11-8(4)14/h3H,1-2H3,(H2,10,11,12,13,14). The fourth-order valence-corrected chi connectivity index (χ4v) is 1.58. The number of hydrogen-bond donors (Lipinski definition) is 2. The van der Waals surface area contributed by atoms with Crippen molar-refractivity contribution in [3.05, 3.63) is 22.1 Å². The van der Waals surface area contributed by atoms with E-state index >= 15 is 0 Å². The van der Waals surface area contributed by atoms with Gasteiger partial charge in [0.05, 0.1) is 10.9 Å². The van der Waals surface area contributed by atoms with Crippen LogP contribution >= 0.6 is 11.8 Å². The molecule has 2 aromatic rings. The quantitative estimate of drug-likeness (QED) is 0.558. The van der Waals surface area contributed by atoms with E-state index in [1.54, 1.807) is 6.92 Å². The first-order valence-corrected chi connectivity index (χ1v) is 5.48. The van der Waals surface area contributed by atoms with Gasteiger partial charge in [-0.3, -0.25) is 4.79 Å². The van der Waals surface area contributed by atoms with Crippen LogP contribution in [0, 0.1) is 6.92 Å². The Kier molecular flexibility index (Phi) is 2.36. The maximum absolute atomic E-state index is 11.4. The highest BCUT2D eigenvalue weighted by atomic mass is 32.2. The van der Waals surface area contributed by atoms with E-state index in [0.29, 0.717) is 16.2 Å². The molecule has 0 aliphatic heterocycles. The topological polar surface area (TPSA) is 78.9 Å². The van der Waals surface area contributed by atoms with E-state index in [1.165, 1.54) is 18.0 Å². The predicted molar refractivity (Wildman–Crippen MR) is 58.3 cm³/mol. The highest BCUT2D eigenvalue weighted by Crippen LogP contribution is 2.23. The first kappa shape index (κ1) is 9.97. The number of nitrogens with one attached hydrogen (secondary N) is 1. The van der Waals surface area contributed by atoms with Gasteiger partial charge in [-0.2, -0.15) is 0 Å². The number of hydrogen-bond acceptors (Lipinski definition) is 5. The van der Waals surface area contributed by atoms with Gasteiger partial charge in [0.15, 0.2) is 5.16 Å². The van der Waals surface area contributed by atoms with Gasteiger partial charge in [0.25, 0.3) is 5.56 Å². The summed E-state index contributed by atoms with van der Waals surface area (Å²) < 4.78 is 0. The number of aromatic amines is 1. The number of pyridine rings is 1. The fourth-order valence-electron chi connectivity index (χ4n) is 1.24. The molecule has 0 amide bonds. The Morgan fingerprint density at radius 3 is 2.93 bits per heavy atom. The van der Waals surface area contributed by atoms with E-state index in [9.17, 15) is 9.90 Å². The Labute approximate surface area is 89.6 Å². The SMILES string of the molecule is CSc1ncc2c(O)c(C)c(=O)[nH]c2n1. The third-order valence-corrected chi connectivity index (χ3v) is 2.69. The van der Waals surface area contributed by atoms with Crippen molar-refractivity contribution in [2.24, 2.45) is 0 Å². The highest BCUT2D eigenvalue weighted by Gasteiger charge is 2.09.